The Morgan fingerprint density at radius 2 is 1.92 bits per heavy atom. The Hall–Kier alpha value is -2.97. The molecule has 128 valence electrons. The molecule has 2 rings (SSSR count). The summed E-state index contributed by atoms with van der Waals surface area (Å²) < 4.78 is 29.5. The lowest BCUT2D eigenvalue weighted by Gasteiger charge is -2.18. The highest BCUT2D eigenvalue weighted by molar-refractivity contribution is 5.75. The zero-order valence-corrected chi connectivity index (χ0v) is 12.7. The Balaban J connectivity index is 1.98. The molecule has 0 aliphatic rings. The van der Waals surface area contributed by atoms with Crippen LogP contribution in [0.4, 0.5) is 8.78 Å². The van der Waals surface area contributed by atoms with Gasteiger partial charge in [0.25, 0.3) is 5.56 Å². The number of aromatic amines is 1. The second-order valence-electron chi connectivity index (χ2n) is 5.01. The molecule has 1 aromatic carbocycles. The quantitative estimate of drug-likeness (QED) is 0.844. The number of H-pyrrole nitrogens is 1. The van der Waals surface area contributed by atoms with Gasteiger partial charge in [0.1, 0.15) is 12.3 Å². The van der Waals surface area contributed by atoms with Crippen molar-refractivity contribution in [2.75, 3.05) is 7.05 Å². The molecule has 0 fully saturated rings. The van der Waals surface area contributed by atoms with Gasteiger partial charge >= 0.3 is 12.3 Å². The van der Waals surface area contributed by atoms with Crippen molar-refractivity contribution >= 4 is 5.91 Å². The van der Waals surface area contributed by atoms with Gasteiger partial charge in [0.05, 0.1) is 0 Å². The van der Waals surface area contributed by atoms with E-state index in [1.807, 2.05) is 0 Å². The average molecular weight is 339 g/mol. The Labute approximate surface area is 135 Å². The molecule has 0 radical (unpaired) electrons. The van der Waals surface area contributed by atoms with Crippen molar-refractivity contribution < 1.29 is 18.3 Å². The van der Waals surface area contributed by atoms with Crippen LogP contribution in [0.5, 0.6) is 5.75 Å². The van der Waals surface area contributed by atoms with Crippen LogP contribution in [0.3, 0.4) is 0 Å². The highest BCUT2D eigenvalue weighted by Crippen LogP contribution is 2.15. The molecular formula is C15H15F2N3O4. The van der Waals surface area contributed by atoms with E-state index < -0.39 is 17.9 Å². The SMILES string of the molecule is CN(Cc1ccc(OC(F)F)cc1)C(=O)Cn1ccc(=O)[nH]c1=O. The summed E-state index contributed by atoms with van der Waals surface area (Å²) in [5.41, 5.74) is -0.498. The molecule has 1 amide bonds. The molecule has 0 unspecified atom stereocenters. The molecule has 0 atom stereocenters. The zero-order valence-electron chi connectivity index (χ0n) is 12.7. The van der Waals surface area contributed by atoms with Gasteiger partial charge in [-0.15, -0.1) is 0 Å². The molecule has 0 bridgehead atoms. The van der Waals surface area contributed by atoms with Crippen LogP contribution < -0.4 is 16.0 Å². The van der Waals surface area contributed by atoms with E-state index in [0.717, 1.165) is 10.6 Å². The van der Waals surface area contributed by atoms with Gasteiger partial charge in [-0.05, 0) is 17.7 Å². The normalized spacial score (nSPS) is 10.7. The van der Waals surface area contributed by atoms with Gasteiger partial charge in [0.2, 0.25) is 5.91 Å². The fraction of sp³-hybridized carbons (Fsp3) is 0.267. The second kappa shape index (κ2) is 7.53. The van der Waals surface area contributed by atoms with Crippen molar-refractivity contribution in [1.29, 1.82) is 0 Å². The van der Waals surface area contributed by atoms with Crippen molar-refractivity contribution in [2.45, 2.75) is 19.7 Å². The molecule has 0 saturated carbocycles. The maximum atomic E-state index is 12.1. The maximum Gasteiger partial charge on any atom is 0.387 e. The number of hydrogen-bond acceptors (Lipinski definition) is 4. The monoisotopic (exact) mass is 339 g/mol. The summed E-state index contributed by atoms with van der Waals surface area (Å²) in [5, 5.41) is 0. The van der Waals surface area contributed by atoms with E-state index in [2.05, 4.69) is 9.72 Å². The lowest BCUT2D eigenvalue weighted by molar-refractivity contribution is -0.131. The molecular weight excluding hydrogens is 324 g/mol. The third-order valence-electron chi connectivity index (χ3n) is 3.20. The van der Waals surface area contributed by atoms with Crippen LogP contribution in [-0.4, -0.2) is 34.0 Å². The average Bonchev–Trinajstić information content (AvgIpc) is 2.51. The number of carbonyl (C=O) groups is 1. The molecule has 0 aliphatic heterocycles. The highest BCUT2D eigenvalue weighted by Gasteiger charge is 2.11. The number of ether oxygens (including phenoxy) is 1. The van der Waals surface area contributed by atoms with Crippen LogP contribution in [0.1, 0.15) is 5.56 Å². The Morgan fingerprint density at radius 1 is 1.25 bits per heavy atom. The van der Waals surface area contributed by atoms with E-state index in [1.54, 1.807) is 19.2 Å². The number of likely N-dealkylation sites (N-methyl/N-ethyl adjacent to an activating group) is 1. The van der Waals surface area contributed by atoms with E-state index in [1.165, 1.54) is 23.2 Å². The Morgan fingerprint density at radius 3 is 2.50 bits per heavy atom. The first kappa shape index (κ1) is 17.4. The number of carbonyl (C=O) groups excluding carboxylic acids is 1. The van der Waals surface area contributed by atoms with Crippen LogP contribution in [-0.2, 0) is 17.9 Å². The fourth-order valence-corrected chi connectivity index (χ4v) is 1.97. The van der Waals surface area contributed by atoms with Gasteiger partial charge in [0, 0.05) is 25.9 Å². The van der Waals surface area contributed by atoms with Gasteiger partial charge in [-0.25, -0.2) is 4.79 Å². The molecule has 0 aliphatic carbocycles. The number of halogens is 2. The lowest BCUT2D eigenvalue weighted by Crippen LogP contribution is -2.36. The first-order valence-electron chi connectivity index (χ1n) is 6.92. The molecule has 0 saturated heterocycles. The van der Waals surface area contributed by atoms with E-state index in [-0.39, 0.29) is 24.7 Å². The first-order valence-corrected chi connectivity index (χ1v) is 6.92. The minimum atomic E-state index is -2.89. The van der Waals surface area contributed by atoms with Gasteiger partial charge in [-0.3, -0.25) is 19.1 Å². The number of nitrogens with zero attached hydrogens (tertiary/aromatic N) is 2. The summed E-state index contributed by atoms with van der Waals surface area (Å²) in [6, 6.07) is 7.04. The summed E-state index contributed by atoms with van der Waals surface area (Å²) in [6.07, 6.45) is 1.24. The Bertz CT molecular complexity index is 814. The van der Waals surface area contributed by atoms with Crippen molar-refractivity contribution in [1.82, 2.24) is 14.5 Å². The largest absolute Gasteiger partial charge is 0.435 e. The van der Waals surface area contributed by atoms with Crippen molar-refractivity contribution in [3.05, 3.63) is 62.9 Å². The summed E-state index contributed by atoms with van der Waals surface area (Å²) in [7, 11) is 1.54. The van der Waals surface area contributed by atoms with E-state index in [4.69, 9.17) is 0 Å². The van der Waals surface area contributed by atoms with E-state index in [0.29, 0.717) is 5.56 Å². The number of hydrogen-bond donors (Lipinski definition) is 1. The standard InChI is InChI=1S/C15H15F2N3O4/c1-19(8-10-2-4-11(5-3-10)24-14(16)17)13(22)9-20-7-6-12(21)18-15(20)23/h2-7,14H,8-9H2,1H3,(H,18,21,23). The van der Waals surface area contributed by atoms with Crippen molar-refractivity contribution in [3.63, 3.8) is 0 Å². The third-order valence-corrected chi connectivity index (χ3v) is 3.20. The summed E-state index contributed by atoms with van der Waals surface area (Å²) in [5.74, 6) is -0.320. The Kier molecular flexibility index (Phi) is 5.46. The number of rotatable bonds is 6. The summed E-state index contributed by atoms with van der Waals surface area (Å²) >= 11 is 0. The topological polar surface area (TPSA) is 84.4 Å². The molecule has 9 heteroatoms. The van der Waals surface area contributed by atoms with Crippen molar-refractivity contribution in [3.8, 4) is 5.75 Å². The van der Waals surface area contributed by atoms with Crippen LogP contribution in [0, 0.1) is 0 Å². The molecule has 7 nitrogen and oxygen atoms in total. The van der Waals surface area contributed by atoms with Crippen LogP contribution in [0.15, 0.2) is 46.1 Å². The van der Waals surface area contributed by atoms with Crippen LogP contribution in [0.2, 0.25) is 0 Å². The minimum absolute atomic E-state index is 0.0301. The van der Waals surface area contributed by atoms with Gasteiger partial charge in [0.15, 0.2) is 0 Å². The number of benzene rings is 1. The van der Waals surface area contributed by atoms with Crippen molar-refractivity contribution in [2.24, 2.45) is 0 Å². The van der Waals surface area contributed by atoms with Gasteiger partial charge < -0.3 is 9.64 Å². The van der Waals surface area contributed by atoms with E-state index >= 15 is 0 Å². The fourth-order valence-electron chi connectivity index (χ4n) is 1.97. The van der Waals surface area contributed by atoms with Crippen LogP contribution in [0.25, 0.3) is 0 Å². The summed E-state index contributed by atoms with van der Waals surface area (Å²) in [6.45, 7) is -2.89. The number of aromatic nitrogens is 2. The van der Waals surface area contributed by atoms with Gasteiger partial charge in [-0.1, -0.05) is 12.1 Å². The van der Waals surface area contributed by atoms with Crippen LogP contribution >= 0.6 is 0 Å². The number of alkyl halides is 2. The second-order valence-corrected chi connectivity index (χ2v) is 5.01. The molecule has 0 spiro atoms. The summed E-state index contributed by atoms with van der Waals surface area (Å²) in [4.78, 5) is 38.1. The maximum absolute atomic E-state index is 12.1. The van der Waals surface area contributed by atoms with E-state index in [9.17, 15) is 23.2 Å². The molecule has 2 aromatic rings. The number of amides is 1. The molecule has 1 N–H and O–H groups in total. The molecule has 1 heterocycles. The molecule has 24 heavy (non-hydrogen) atoms. The first-order chi connectivity index (χ1) is 11.3. The highest BCUT2D eigenvalue weighted by atomic mass is 19.3. The van der Waals surface area contributed by atoms with Gasteiger partial charge in [-0.2, -0.15) is 8.78 Å². The predicted molar refractivity (Wildman–Crippen MR) is 80.9 cm³/mol. The smallest absolute Gasteiger partial charge is 0.387 e. The zero-order chi connectivity index (χ0) is 17.7. The number of nitrogens with one attached hydrogen (secondary N) is 1. The molecule has 1 aromatic heterocycles. The lowest BCUT2D eigenvalue weighted by atomic mass is 10.2. The third kappa shape index (κ3) is 4.77. The predicted octanol–water partition coefficient (Wildman–Crippen LogP) is 0.797. The minimum Gasteiger partial charge on any atom is -0.435 e.